The van der Waals surface area contributed by atoms with E-state index in [0.29, 0.717) is 11.6 Å². The number of para-hydroxylation sites is 1. The number of amides is 1. The molecular weight excluding hydrogens is 361 g/mol. The van der Waals surface area contributed by atoms with Gasteiger partial charge in [0.1, 0.15) is 5.75 Å². The summed E-state index contributed by atoms with van der Waals surface area (Å²) in [5, 5.41) is 2.91. The van der Waals surface area contributed by atoms with Crippen molar-refractivity contribution in [2.24, 2.45) is 11.7 Å². The van der Waals surface area contributed by atoms with Crippen LogP contribution in [-0.2, 0) is 4.79 Å². The van der Waals surface area contributed by atoms with Gasteiger partial charge in [0.25, 0.3) is 0 Å². The van der Waals surface area contributed by atoms with Crippen molar-refractivity contribution in [1.29, 1.82) is 0 Å². The van der Waals surface area contributed by atoms with Gasteiger partial charge in [0.2, 0.25) is 11.8 Å². The number of ether oxygens (including phenoxy) is 1. The van der Waals surface area contributed by atoms with E-state index in [1.807, 2.05) is 30.3 Å². The van der Waals surface area contributed by atoms with Crippen molar-refractivity contribution in [3.8, 4) is 11.6 Å². The summed E-state index contributed by atoms with van der Waals surface area (Å²) in [6, 6.07) is 13.1. The van der Waals surface area contributed by atoms with Crippen molar-refractivity contribution in [2.75, 3.05) is 5.32 Å². The number of aromatic nitrogens is 1. The molecule has 2 unspecified atom stereocenters. The molecule has 3 N–H and O–H groups in total. The van der Waals surface area contributed by atoms with E-state index in [0.717, 1.165) is 31.4 Å². The van der Waals surface area contributed by atoms with E-state index in [-0.39, 0.29) is 42.7 Å². The standard InChI is InChI=1S/C18H21N3O2.2ClH/c19-14-6-4-5-13(11-14)18(22)21-15-9-10-17(20-12-15)23-16-7-2-1-3-8-16;;/h1-3,7-10,12-14H,4-6,11,19H2,(H,21,22);2*1H. The lowest BCUT2D eigenvalue weighted by molar-refractivity contribution is -0.120. The van der Waals surface area contributed by atoms with E-state index in [4.69, 9.17) is 10.5 Å². The van der Waals surface area contributed by atoms with Crippen molar-refractivity contribution >= 4 is 36.4 Å². The third-order valence-electron chi connectivity index (χ3n) is 4.06. The molecule has 1 amide bonds. The minimum Gasteiger partial charge on any atom is -0.439 e. The Bertz CT molecular complexity index is 653. The Balaban J connectivity index is 0.00000156. The van der Waals surface area contributed by atoms with Gasteiger partial charge in [-0.25, -0.2) is 4.98 Å². The molecule has 1 saturated carbocycles. The highest BCUT2D eigenvalue weighted by Gasteiger charge is 2.25. The number of hydrogen-bond acceptors (Lipinski definition) is 4. The van der Waals surface area contributed by atoms with Crippen LogP contribution in [0.15, 0.2) is 48.7 Å². The lowest BCUT2D eigenvalue weighted by Gasteiger charge is -2.25. The third kappa shape index (κ3) is 6.20. The Hall–Kier alpha value is -1.82. The van der Waals surface area contributed by atoms with Gasteiger partial charge in [-0.05, 0) is 37.5 Å². The van der Waals surface area contributed by atoms with Crippen LogP contribution in [0, 0.1) is 5.92 Å². The largest absolute Gasteiger partial charge is 0.439 e. The molecule has 1 aromatic carbocycles. The fraction of sp³-hybridized carbons (Fsp3) is 0.333. The van der Waals surface area contributed by atoms with E-state index in [1.54, 1.807) is 18.3 Å². The quantitative estimate of drug-likeness (QED) is 0.829. The maximum atomic E-state index is 12.3. The molecule has 1 aromatic heterocycles. The molecular formula is C18H23Cl2N3O2. The SMILES string of the molecule is Cl.Cl.NC1CCCC(C(=O)Nc2ccc(Oc3ccccc3)nc2)C1. The summed E-state index contributed by atoms with van der Waals surface area (Å²) < 4.78 is 5.63. The Kier molecular flexibility index (Phi) is 8.69. The van der Waals surface area contributed by atoms with E-state index in [1.165, 1.54) is 0 Å². The Morgan fingerprint density at radius 1 is 1.12 bits per heavy atom. The average molecular weight is 384 g/mol. The molecule has 3 rings (SSSR count). The highest BCUT2D eigenvalue weighted by atomic mass is 35.5. The second-order valence-electron chi connectivity index (χ2n) is 5.91. The molecule has 0 bridgehead atoms. The summed E-state index contributed by atoms with van der Waals surface area (Å²) in [6.45, 7) is 0. The molecule has 1 aliphatic rings. The van der Waals surface area contributed by atoms with Crippen LogP contribution in [-0.4, -0.2) is 16.9 Å². The van der Waals surface area contributed by atoms with Crippen molar-refractivity contribution < 1.29 is 9.53 Å². The molecule has 25 heavy (non-hydrogen) atoms. The average Bonchev–Trinajstić information content (AvgIpc) is 2.57. The topological polar surface area (TPSA) is 77.2 Å². The second-order valence-corrected chi connectivity index (χ2v) is 5.91. The second kappa shape index (κ2) is 10.2. The Labute approximate surface area is 160 Å². The van der Waals surface area contributed by atoms with Crippen LogP contribution in [0.25, 0.3) is 0 Å². The highest BCUT2D eigenvalue weighted by Crippen LogP contribution is 2.25. The van der Waals surface area contributed by atoms with Gasteiger partial charge >= 0.3 is 0 Å². The predicted molar refractivity (Wildman–Crippen MR) is 104 cm³/mol. The first-order valence-electron chi connectivity index (χ1n) is 7.96. The summed E-state index contributed by atoms with van der Waals surface area (Å²) in [6.07, 6.45) is 5.30. The first kappa shape index (κ1) is 21.2. The maximum Gasteiger partial charge on any atom is 0.227 e. The zero-order valence-corrected chi connectivity index (χ0v) is 15.4. The fourth-order valence-corrected chi connectivity index (χ4v) is 2.83. The van der Waals surface area contributed by atoms with Crippen LogP contribution in [0.1, 0.15) is 25.7 Å². The zero-order valence-electron chi connectivity index (χ0n) is 13.8. The van der Waals surface area contributed by atoms with Gasteiger partial charge in [-0.15, -0.1) is 24.8 Å². The number of hydrogen-bond donors (Lipinski definition) is 2. The van der Waals surface area contributed by atoms with Crippen LogP contribution in [0.5, 0.6) is 11.6 Å². The molecule has 0 radical (unpaired) electrons. The number of nitrogens with zero attached hydrogens (tertiary/aromatic N) is 1. The Morgan fingerprint density at radius 2 is 1.88 bits per heavy atom. The lowest BCUT2D eigenvalue weighted by atomic mass is 9.85. The molecule has 136 valence electrons. The molecule has 1 heterocycles. The molecule has 2 atom stereocenters. The Morgan fingerprint density at radius 3 is 2.52 bits per heavy atom. The van der Waals surface area contributed by atoms with Crippen molar-refractivity contribution in [3.05, 3.63) is 48.7 Å². The number of carbonyl (C=O) groups excluding carboxylic acids is 1. The number of nitrogens with two attached hydrogens (primary N) is 1. The fourth-order valence-electron chi connectivity index (χ4n) is 2.83. The first-order valence-corrected chi connectivity index (χ1v) is 7.96. The molecule has 1 aliphatic carbocycles. The summed E-state index contributed by atoms with van der Waals surface area (Å²) in [7, 11) is 0. The smallest absolute Gasteiger partial charge is 0.227 e. The number of rotatable bonds is 4. The van der Waals surface area contributed by atoms with E-state index in [2.05, 4.69) is 10.3 Å². The molecule has 5 nitrogen and oxygen atoms in total. The van der Waals surface area contributed by atoms with Gasteiger partial charge in [-0.3, -0.25) is 4.79 Å². The van der Waals surface area contributed by atoms with Gasteiger partial charge in [-0.1, -0.05) is 24.6 Å². The summed E-state index contributed by atoms with van der Waals surface area (Å²) in [5.74, 6) is 1.25. The lowest BCUT2D eigenvalue weighted by Crippen LogP contribution is -2.34. The molecule has 0 aliphatic heterocycles. The molecule has 2 aromatic rings. The number of nitrogens with one attached hydrogen (secondary N) is 1. The van der Waals surface area contributed by atoms with E-state index >= 15 is 0 Å². The van der Waals surface area contributed by atoms with Crippen molar-refractivity contribution in [1.82, 2.24) is 4.98 Å². The van der Waals surface area contributed by atoms with Crippen LogP contribution >= 0.6 is 24.8 Å². The van der Waals surface area contributed by atoms with Gasteiger partial charge in [0, 0.05) is 18.0 Å². The van der Waals surface area contributed by atoms with Crippen molar-refractivity contribution in [3.63, 3.8) is 0 Å². The number of pyridine rings is 1. The molecule has 7 heteroatoms. The van der Waals surface area contributed by atoms with Crippen LogP contribution in [0.3, 0.4) is 0 Å². The summed E-state index contributed by atoms with van der Waals surface area (Å²) in [5.41, 5.74) is 6.62. The van der Waals surface area contributed by atoms with Crippen LogP contribution in [0.4, 0.5) is 5.69 Å². The molecule has 1 fully saturated rings. The molecule has 0 saturated heterocycles. The van der Waals surface area contributed by atoms with E-state index in [9.17, 15) is 4.79 Å². The maximum absolute atomic E-state index is 12.3. The van der Waals surface area contributed by atoms with Crippen molar-refractivity contribution in [2.45, 2.75) is 31.7 Å². The van der Waals surface area contributed by atoms with Crippen LogP contribution < -0.4 is 15.8 Å². The monoisotopic (exact) mass is 383 g/mol. The van der Waals surface area contributed by atoms with Gasteiger partial charge in [0.05, 0.1) is 11.9 Å². The number of benzene rings is 1. The normalized spacial score (nSPS) is 19.1. The molecule has 0 spiro atoms. The minimum atomic E-state index is -0.000930. The number of carbonyl (C=O) groups is 1. The van der Waals surface area contributed by atoms with Gasteiger partial charge in [-0.2, -0.15) is 0 Å². The predicted octanol–water partition coefficient (Wildman–Crippen LogP) is 4.17. The third-order valence-corrected chi connectivity index (χ3v) is 4.06. The first-order chi connectivity index (χ1) is 11.2. The summed E-state index contributed by atoms with van der Waals surface area (Å²) in [4.78, 5) is 16.5. The van der Waals surface area contributed by atoms with Crippen LogP contribution in [0.2, 0.25) is 0 Å². The zero-order chi connectivity index (χ0) is 16.1. The summed E-state index contributed by atoms with van der Waals surface area (Å²) >= 11 is 0. The van der Waals surface area contributed by atoms with E-state index < -0.39 is 0 Å². The highest BCUT2D eigenvalue weighted by molar-refractivity contribution is 5.92. The van der Waals surface area contributed by atoms with Gasteiger partial charge < -0.3 is 15.8 Å². The number of anilines is 1. The van der Waals surface area contributed by atoms with Gasteiger partial charge in [0.15, 0.2) is 0 Å². The number of halogens is 2. The minimum absolute atomic E-state index is 0.